The van der Waals surface area contributed by atoms with Gasteiger partial charge in [0.05, 0.1) is 17.9 Å². The van der Waals surface area contributed by atoms with E-state index in [1.165, 1.54) is 16.8 Å². The molecule has 0 spiro atoms. The summed E-state index contributed by atoms with van der Waals surface area (Å²) in [6, 6.07) is 9.07. The SMILES string of the molecule is CCCn1nncc1C(CCc1cccc(C)c1)NCC. The van der Waals surface area contributed by atoms with Gasteiger partial charge in [0.15, 0.2) is 0 Å². The second kappa shape index (κ2) is 7.93. The highest BCUT2D eigenvalue weighted by molar-refractivity contribution is 5.22. The van der Waals surface area contributed by atoms with E-state index < -0.39 is 0 Å². The Bertz CT molecular complexity index is 547. The van der Waals surface area contributed by atoms with Crippen LogP contribution in [-0.4, -0.2) is 21.5 Å². The van der Waals surface area contributed by atoms with Crippen molar-refractivity contribution in [3.63, 3.8) is 0 Å². The molecule has 21 heavy (non-hydrogen) atoms. The van der Waals surface area contributed by atoms with Gasteiger partial charge < -0.3 is 5.32 Å². The lowest BCUT2D eigenvalue weighted by atomic mass is 10.0. The highest BCUT2D eigenvalue weighted by Gasteiger charge is 2.15. The van der Waals surface area contributed by atoms with Crippen LogP contribution >= 0.6 is 0 Å². The molecular formula is C17H26N4. The Hall–Kier alpha value is -1.68. The van der Waals surface area contributed by atoms with Crippen LogP contribution in [0.5, 0.6) is 0 Å². The number of benzene rings is 1. The first-order valence-corrected chi connectivity index (χ1v) is 7.91. The van der Waals surface area contributed by atoms with Crippen LogP contribution in [0.3, 0.4) is 0 Å². The molecule has 1 aromatic heterocycles. The van der Waals surface area contributed by atoms with E-state index in [0.29, 0.717) is 6.04 Å². The molecule has 0 aliphatic carbocycles. The lowest BCUT2D eigenvalue weighted by molar-refractivity contribution is 0.455. The van der Waals surface area contributed by atoms with Crippen molar-refractivity contribution in [1.82, 2.24) is 20.3 Å². The molecule has 2 aromatic rings. The summed E-state index contributed by atoms with van der Waals surface area (Å²) < 4.78 is 2.03. The standard InChI is InChI=1S/C17H26N4/c1-4-11-21-17(13-19-20-21)16(18-5-2)10-9-15-8-6-7-14(3)12-15/h6-8,12-13,16,18H,4-5,9-11H2,1-3H3. The second-order valence-electron chi connectivity index (χ2n) is 5.52. The average Bonchev–Trinajstić information content (AvgIpc) is 2.92. The third-order valence-corrected chi connectivity index (χ3v) is 3.69. The summed E-state index contributed by atoms with van der Waals surface area (Å²) in [7, 11) is 0. The van der Waals surface area contributed by atoms with Crippen LogP contribution in [0.25, 0.3) is 0 Å². The van der Waals surface area contributed by atoms with Gasteiger partial charge in [0, 0.05) is 6.54 Å². The number of aryl methyl sites for hydroxylation is 3. The molecule has 4 nitrogen and oxygen atoms in total. The van der Waals surface area contributed by atoms with Gasteiger partial charge in [0.2, 0.25) is 0 Å². The van der Waals surface area contributed by atoms with Gasteiger partial charge in [0.25, 0.3) is 0 Å². The van der Waals surface area contributed by atoms with Crippen LogP contribution in [0, 0.1) is 6.92 Å². The van der Waals surface area contributed by atoms with Gasteiger partial charge in [-0.15, -0.1) is 5.10 Å². The molecule has 0 aliphatic rings. The molecule has 1 heterocycles. The minimum atomic E-state index is 0.317. The predicted molar refractivity (Wildman–Crippen MR) is 86.2 cm³/mol. The minimum absolute atomic E-state index is 0.317. The van der Waals surface area contributed by atoms with Gasteiger partial charge in [-0.3, -0.25) is 0 Å². The van der Waals surface area contributed by atoms with Gasteiger partial charge in [0.1, 0.15) is 0 Å². The van der Waals surface area contributed by atoms with Crippen molar-refractivity contribution in [3.05, 3.63) is 47.3 Å². The Morgan fingerprint density at radius 3 is 2.86 bits per heavy atom. The van der Waals surface area contributed by atoms with E-state index in [0.717, 1.165) is 32.4 Å². The quantitative estimate of drug-likeness (QED) is 0.810. The number of nitrogens with one attached hydrogen (secondary N) is 1. The summed E-state index contributed by atoms with van der Waals surface area (Å²) >= 11 is 0. The van der Waals surface area contributed by atoms with E-state index in [1.54, 1.807) is 0 Å². The van der Waals surface area contributed by atoms with Crippen LogP contribution in [0.2, 0.25) is 0 Å². The summed E-state index contributed by atoms with van der Waals surface area (Å²) in [5.41, 5.74) is 3.92. The zero-order valence-electron chi connectivity index (χ0n) is 13.3. The third-order valence-electron chi connectivity index (χ3n) is 3.69. The summed E-state index contributed by atoms with van der Waals surface area (Å²) in [4.78, 5) is 0. The molecule has 4 heteroatoms. The average molecular weight is 286 g/mol. The molecule has 0 amide bonds. The lowest BCUT2D eigenvalue weighted by Crippen LogP contribution is -2.24. The molecule has 0 bridgehead atoms. The summed E-state index contributed by atoms with van der Waals surface area (Å²) in [5, 5.41) is 11.9. The number of rotatable bonds is 8. The van der Waals surface area contributed by atoms with Crippen LogP contribution in [0.1, 0.15) is 49.6 Å². The maximum Gasteiger partial charge on any atom is 0.0756 e. The largest absolute Gasteiger partial charge is 0.309 e. The van der Waals surface area contributed by atoms with Crippen molar-refractivity contribution >= 4 is 0 Å². The van der Waals surface area contributed by atoms with Crippen LogP contribution in [-0.2, 0) is 13.0 Å². The van der Waals surface area contributed by atoms with E-state index in [1.807, 2.05) is 10.9 Å². The Balaban J connectivity index is 2.06. The van der Waals surface area contributed by atoms with Crippen molar-refractivity contribution < 1.29 is 0 Å². The van der Waals surface area contributed by atoms with Crippen molar-refractivity contribution in [3.8, 4) is 0 Å². The van der Waals surface area contributed by atoms with Crippen LogP contribution < -0.4 is 5.32 Å². The van der Waals surface area contributed by atoms with Gasteiger partial charge in [-0.2, -0.15) is 0 Å². The monoisotopic (exact) mass is 286 g/mol. The van der Waals surface area contributed by atoms with E-state index in [9.17, 15) is 0 Å². The molecule has 1 aromatic carbocycles. The predicted octanol–water partition coefficient (Wildman–Crippen LogP) is 3.28. The Morgan fingerprint density at radius 2 is 2.14 bits per heavy atom. The molecule has 0 radical (unpaired) electrons. The lowest BCUT2D eigenvalue weighted by Gasteiger charge is -2.18. The molecule has 1 unspecified atom stereocenters. The van der Waals surface area contributed by atoms with Gasteiger partial charge >= 0.3 is 0 Å². The van der Waals surface area contributed by atoms with Crippen molar-refractivity contribution in [1.29, 1.82) is 0 Å². The van der Waals surface area contributed by atoms with Gasteiger partial charge in [-0.1, -0.05) is 48.9 Å². The first-order valence-electron chi connectivity index (χ1n) is 7.91. The zero-order valence-corrected chi connectivity index (χ0v) is 13.3. The van der Waals surface area contributed by atoms with Crippen molar-refractivity contribution in [2.75, 3.05) is 6.54 Å². The Labute approximate surface area is 127 Å². The molecule has 2 rings (SSSR count). The Kier molecular flexibility index (Phi) is 5.93. The summed E-state index contributed by atoms with van der Waals surface area (Å²) in [6.45, 7) is 8.34. The first kappa shape index (κ1) is 15.7. The van der Waals surface area contributed by atoms with E-state index in [-0.39, 0.29) is 0 Å². The minimum Gasteiger partial charge on any atom is -0.309 e. The highest BCUT2D eigenvalue weighted by Crippen LogP contribution is 2.19. The molecule has 0 saturated heterocycles. The Morgan fingerprint density at radius 1 is 1.29 bits per heavy atom. The fraction of sp³-hybridized carbons (Fsp3) is 0.529. The number of nitrogens with zero attached hydrogens (tertiary/aromatic N) is 3. The van der Waals surface area contributed by atoms with Crippen LogP contribution in [0.15, 0.2) is 30.5 Å². The van der Waals surface area contributed by atoms with Crippen molar-refractivity contribution in [2.24, 2.45) is 0 Å². The fourth-order valence-corrected chi connectivity index (χ4v) is 2.70. The number of aromatic nitrogens is 3. The molecular weight excluding hydrogens is 260 g/mol. The molecule has 0 fully saturated rings. The van der Waals surface area contributed by atoms with Crippen LogP contribution in [0.4, 0.5) is 0 Å². The zero-order chi connectivity index (χ0) is 15.1. The van der Waals surface area contributed by atoms with E-state index >= 15 is 0 Å². The second-order valence-corrected chi connectivity index (χ2v) is 5.52. The number of hydrogen-bond acceptors (Lipinski definition) is 3. The smallest absolute Gasteiger partial charge is 0.0756 e. The molecule has 1 atom stereocenters. The molecule has 1 N–H and O–H groups in total. The molecule has 0 aliphatic heterocycles. The van der Waals surface area contributed by atoms with Gasteiger partial charge in [-0.25, -0.2) is 4.68 Å². The maximum absolute atomic E-state index is 4.20. The number of hydrogen-bond donors (Lipinski definition) is 1. The molecule has 114 valence electrons. The summed E-state index contributed by atoms with van der Waals surface area (Å²) in [6.07, 6.45) is 5.11. The van der Waals surface area contributed by atoms with E-state index in [2.05, 4.69) is 60.7 Å². The first-order chi connectivity index (χ1) is 10.2. The summed E-state index contributed by atoms with van der Waals surface area (Å²) in [5.74, 6) is 0. The highest BCUT2D eigenvalue weighted by atomic mass is 15.4. The van der Waals surface area contributed by atoms with Crippen molar-refractivity contribution in [2.45, 2.75) is 52.6 Å². The third kappa shape index (κ3) is 4.39. The molecule has 0 saturated carbocycles. The topological polar surface area (TPSA) is 42.7 Å². The fourth-order valence-electron chi connectivity index (χ4n) is 2.70. The maximum atomic E-state index is 4.20. The van der Waals surface area contributed by atoms with Gasteiger partial charge in [-0.05, 0) is 38.3 Å². The normalized spacial score (nSPS) is 12.5. The van der Waals surface area contributed by atoms with E-state index in [4.69, 9.17) is 0 Å².